The molecule has 2 aliphatic carbocycles. The van der Waals surface area contributed by atoms with Crippen LogP contribution in [0.1, 0.15) is 124 Å². The fourth-order valence-corrected chi connectivity index (χ4v) is 5.77. The van der Waals surface area contributed by atoms with E-state index in [9.17, 15) is 8.42 Å². The van der Waals surface area contributed by atoms with Gasteiger partial charge in [-0.1, -0.05) is 80.1 Å². The van der Waals surface area contributed by atoms with Crippen LogP contribution >= 0.6 is 0 Å². The minimum absolute atomic E-state index is 0. The van der Waals surface area contributed by atoms with Crippen LogP contribution in [0.15, 0.2) is 4.40 Å². The van der Waals surface area contributed by atoms with Crippen LogP contribution in [-0.4, -0.2) is 77.8 Å². The third-order valence-electron chi connectivity index (χ3n) is 8.53. The summed E-state index contributed by atoms with van der Waals surface area (Å²) >= 11 is 0. The predicted molar refractivity (Wildman–Crippen MR) is 227 cm³/mol. The van der Waals surface area contributed by atoms with Crippen LogP contribution in [0.3, 0.4) is 0 Å². The molecule has 50 heavy (non-hydrogen) atoms. The minimum Gasteiger partial charge on any atom is -0.414 e. The van der Waals surface area contributed by atoms with Gasteiger partial charge in [0, 0.05) is 18.1 Å². The lowest BCUT2D eigenvalue weighted by atomic mass is 10.2. The van der Waals surface area contributed by atoms with Crippen LogP contribution in [0.5, 0.6) is 0 Å². The molecule has 0 aliphatic heterocycles. The summed E-state index contributed by atoms with van der Waals surface area (Å²) in [4.78, 5) is 0. The summed E-state index contributed by atoms with van der Waals surface area (Å²) in [6.07, 6.45) is 6.47. The Hall–Kier alpha value is -0.676. The Bertz CT molecular complexity index is 1180. The van der Waals surface area contributed by atoms with Gasteiger partial charge in [-0.3, -0.25) is 0 Å². The number of aliphatic hydroxyl groups is 1. The van der Waals surface area contributed by atoms with E-state index in [1.807, 2.05) is 41.5 Å². The second-order valence-corrected chi connectivity index (χ2v) is 31.3. The number of nitrogens with one attached hydrogen (secondary N) is 1. The van der Waals surface area contributed by atoms with E-state index in [2.05, 4.69) is 101 Å². The van der Waals surface area contributed by atoms with Gasteiger partial charge in [-0.15, -0.1) is 0 Å². The van der Waals surface area contributed by atoms with Crippen molar-refractivity contribution in [3.8, 4) is 23.7 Å². The molecule has 2 fully saturated rings. The van der Waals surface area contributed by atoms with Crippen molar-refractivity contribution in [2.45, 2.75) is 181 Å². The Morgan fingerprint density at radius 2 is 1.22 bits per heavy atom. The highest BCUT2D eigenvalue weighted by Crippen LogP contribution is 2.37. The first kappa shape index (κ1) is 53.7. The largest absolute Gasteiger partial charge is 0.414 e. The Morgan fingerprint density at radius 1 is 0.800 bits per heavy atom. The first-order chi connectivity index (χ1) is 21.5. The molecule has 0 unspecified atom stereocenters. The van der Waals surface area contributed by atoms with Crippen molar-refractivity contribution >= 4 is 44.8 Å². The third-order valence-corrected chi connectivity index (χ3v) is 20.5. The Kier molecular flexibility index (Phi) is 24.2. The molecule has 12 heteroatoms. The second-order valence-electron chi connectivity index (χ2n) is 17.8. The van der Waals surface area contributed by atoms with Crippen LogP contribution < -0.4 is 10.5 Å². The quantitative estimate of drug-likeness (QED) is 0.116. The molecule has 8 nitrogen and oxygen atoms in total. The van der Waals surface area contributed by atoms with Crippen LogP contribution in [0.2, 0.25) is 36.3 Å². The molecule has 0 radical (unpaired) electrons. The van der Waals surface area contributed by atoms with E-state index in [1.165, 1.54) is 25.7 Å². The zero-order valence-electron chi connectivity index (χ0n) is 33.3. The number of rotatable bonds is 10. The van der Waals surface area contributed by atoms with Crippen LogP contribution in [0, 0.1) is 35.5 Å². The molecular weight excluding hydrogens is 699 g/mol. The lowest BCUT2D eigenvalue weighted by Crippen LogP contribution is -2.47. The molecule has 0 bridgehead atoms. The van der Waals surface area contributed by atoms with Gasteiger partial charge >= 0.3 is 0 Å². The fraction of sp³-hybridized carbons (Fsp3) is 0.868. The molecule has 4 atom stereocenters. The van der Waals surface area contributed by atoms with Gasteiger partial charge in [-0.2, -0.15) is 4.40 Å². The van der Waals surface area contributed by atoms with E-state index in [1.54, 1.807) is 6.21 Å². The van der Waals surface area contributed by atoms with Gasteiger partial charge in [0.15, 0.2) is 16.6 Å². The SMILES string of the molecule is C.C.CC(C)(C)[S@](=O)N=CCO[Si](C)(C)C(C)(C)C.CC(C)(C)[S@](=O)N[C@@H](C#CC1CC1)CO[Si](C)(C)C(C)(C)C.N[C@@H](C#CC1CC1)CO. The Labute approximate surface area is 317 Å². The van der Waals surface area contributed by atoms with Gasteiger partial charge in [-0.25, -0.2) is 13.1 Å². The summed E-state index contributed by atoms with van der Waals surface area (Å²) in [6.45, 7) is 34.7. The topological polar surface area (TPSA) is 123 Å². The van der Waals surface area contributed by atoms with E-state index in [0.29, 0.717) is 25.0 Å². The molecule has 0 aromatic rings. The number of aliphatic hydroxyl groups excluding tert-OH is 1. The van der Waals surface area contributed by atoms with Crippen molar-refractivity contribution in [3.63, 3.8) is 0 Å². The fourth-order valence-electron chi connectivity index (χ4n) is 2.58. The van der Waals surface area contributed by atoms with E-state index in [-0.39, 0.29) is 53.1 Å². The van der Waals surface area contributed by atoms with E-state index in [4.69, 9.17) is 19.7 Å². The average Bonchev–Trinajstić information content (AvgIpc) is 3.85. The summed E-state index contributed by atoms with van der Waals surface area (Å²) in [5, 5.41) is 8.81. The number of hydrogen-bond donors (Lipinski definition) is 3. The highest BCUT2D eigenvalue weighted by atomic mass is 32.2. The Balaban J connectivity index is -0.000000700. The van der Waals surface area contributed by atoms with Crippen molar-refractivity contribution in [2.24, 2.45) is 22.0 Å². The number of nitrogens with two attached hydrogens (primary N) is 1. The second kappa shape index (κ2) is 22.5. The molecule has 296 valence electrons. The summed E-state index contributed by atoms with van der Waals surface area (Å²) in [6, 6.07) is -0.486. The van der Waals surface area contributed by atoms with Crippen molar-refractivity contribution < 1.29 is 22.4 Å². The molecular formula is C38H79N3O5S2Si2. The maximum absolute atomic E-state index is 12.3. The highest BCUT2D eigenvalue weighted by Gasteiger charge is 2.38. The van der Waals surface area contributed by atoms with Gasteiger partial charge < -0.3 is 19.7 Å². The third kappa shape index (κ3) is 23.8. The number of nitrogens with zero attached hydrogens (tertiary/aromatic N) is 1. The molecule has 2 saturated carbocycles. The van der Waals surface area contributed by atoms with Gasteiger partial charge in [0.25, 0.3) is 0 Å². The van der Waals surface area contributed by atoms with Gasteiger partial charge in [-0.05, 0) is 103 Å². The molecule has 2 aliphatic rings. The van der Waals surface area contributed by atoms with Crippen LogP contribution in [-0.2, 0) is 30.8 Å². The van der Waals surface area contributed by atoms with Gasteiger partial charge in [0.1, 0.15) is 17.0 Å². The molecule has 0 aromatic heterocycles. The molecule has 0 heterocycles. The van der Waals surface area contributed by atoms with Crippen molar-refractivity contribution in [1.82, 2.24) is 4.72 Å². The van der Waals surface area contributed by atoms with Crippen molar-refractivity contribution in [3.05, 3.63) is 0 Å². The standard InChI is InChI=1S/C17H33NO2SSi.C12H27NO2SSi.C7H11NO.2CH4/c1-16(2,3)21(19)18-15(12-11-14-9-10-14)13-20-22(7,8)17(4,5)6;1-11(2,3)16(14)13-9-10-15-17(7,8)12(4,5)6;8-7(5-9)4-3-6-1-2-6;;/h14-15,18H,9-10,13H2,1-8H3;9H,10H2,1-8H3;6-7,9H,1-2,5,8H2;2*1H4/t15-,21-;16-;7-;;/m000../s1. The van der Waals surface area contributed by atoms with Crippen LogP contribution in [0.4, 0.5) is 0 Å². The summed E-state index contributed by atoms with van der Waals surface area (Å²) in [5.74, 6) is 13.4. The van der Waals surface area contributed by atoms with E-state index >= 15 is 0 Å². The lowest BCUT2D eigenvalue weighted by molar-refractivity contribution is 0.275. The molecule has 0 saturated heterocycles. The normalized spacial score (nSPS) is 17.7. The average molecular weight is 778 g/mol. The lowest BCUT2D eigenvalue weighted by Gasteiger charge is -2.37. The van der Waals surface area contributed by atoms with Crippen molar-refractivity contribution in [1.29, 1.82) is 0 Å². The van der Waals surface area contributed by atoms with Gasteiger partial charge in [0.05, 0.1) is 46.3 Å². The molecule has 0 aromatic carbocycles. The minimum atomic E-state index is -1.81. The first-order valence-electron chi connectivity index (χ1n) is 17.3. The maximum Gasteiger partial charge on any atom is 0.192 e. The summed E-state index contributed by atoms with van der Waals surface area (Å²) < 4.78 is 42.8. The van der Waals surface area contributed by atoms with E-state index < -0.39 is 38.6 Å². The number of hydrogen-bond acceptors (Lipinski definition) is 6. The molecule has 0 spiro atoms. The Morgan fingerprint density at radius 3 is 1.58 bits per heavy atom. The molecule has 4 N–H and O–H groups in total. The van der Waals surface area contributed by atoms with Crippen LogP contribution in [0.25, 0.3) is 0 Å². The smallest absolute Gasteiger partial charge is 0.192 e. The first-order valence-corrected chi connectivity index (χ1v) is 25.4. The monoisotopic (exact) mass is 777 g/mol. The zero-order chi connectivity index (χ0) is 37.8. The zero-order valence-corrected chi connectivity index (χ0v) is 36.9. The predicted octanol–water partition coefficient (Wildman–Crippen LogP) is 8.37. The molecule has 0 amide bonds. The highest BCUT2D eigenvalue weighted by molar-refractivity contribution is 7.85. The summed E-state index contributed by atoms with van der Waals surface area (Å²) in [5.41, 5.74) is 5.33. The summed E-state index contributed by atoms with van der Waals surface area (Å²) in [7, 11) is -5.83. The maximum atomic E-state index is 12.3. The van der Waals surface area contributed by atoms with Gasteiger partial charge in [0.2, 0.25) is 0 Å². The molecule has 2 rings (SSSR count). The van der Waals surface area contributed by atoms with Crippen molar-refractivity contribution in [2.75, 3.05) is 19.8 Å². The van der Waals surface area contributed by atoms with E-state index in [0.717, 1.165) is 0 Å².